The summed E-state index contributed by atoms with van der Waals surface area (Å²) in [6.45, 7) is 7.96. The summed E-state index contributed by atoms with van der Waals surface area (Å²) in [6.07, 6.45) is 1.61. The molecule has 2 aromatic carbocycles. The second-order valence-electron chi connectivity index (χ2n) is 7.51. The number of esters is 2. The van der Waals surface area contributed by atoms with Gasteiger partial charge in [-0.3, -0.25) is 29.8 Å². The van der Waals surface area contributed by atoms with Crippen LogP contribution in [0.4, 0.5) is 11.4 Å². The van der Waals surface area contributed by atoms with Crippen molar-refractivity contribution in [2.45, 2.75) is 52.4 Å². The van der Waals surface area contributed by atoms with Crippen molar-refractivity contribution in [2.75, 3.05) is 18.1 Å². The third-order valence-electron chi connectivity index (χ3n) is 4.99. The highest BCUT2D eigenvalue weighted by molar-refractivity contribution is 14.1. The van der Waals surface area contributed by atoms with E-state index in [9.17, 15) is 29.8 Å². The van der Waals surface area contributed by atoms with Gasteiger partial charge in [-0.2, -0.15) is 0 Å². The molecule has 0 saturated carbocycles. The summed E-state index contributed by atoms with van der Waals surface area (Å²) in [6, 6.07) is 11.9. The van der Waals surface area contributed by atoms with Crippen LogP contribution in [0.15, 0.2) is 48.5 Å². The standard InChI is InChI=1S/C14H19NO4.C10H11NO4.CH3I/c1-4-10-14(3,13(16)19-5-2)11-6-8-12(9-7-11)15(17)18;1-2-15-10(12)7-8-3-5-9(6-4-8)11(13)14;1-2/h6-9H,4-5,10H2,1-3H3;3-6H,2,7H2,1H3;1H3. The van der Waals surface area contributed by atoms with E-state index in [1.54, 1.807) is 38.1 Å². The van der Waals surface area contributed by atoms with Crippen LogP contribution in [0.1, 0.15) is 51.7 Å². The van der Waals surface area contributed by atoms with Crippen molar-refractivity contribution in [3.63, 3.8) is 0 Å². The quantitative estimate of drug-likeness (QED) is 0.105. The van der Waals surface area contributed by atoms with Crippen molar-refractivity contribution >= 4 is 45.9 Å². The topological polar surface area (TPSA) is 139 Å². The lowest BCUT2D eigenvalue weighted by atomic mass is 9.78. The van der Waals surface area contributed by atoms with Gasteiger partial charge in [-0.25, -0.2) is 0 Å². The molecule has 0 bridgehead atoms. The van der Waals surface area contributed by atoms with Crippen LogP contribution in [0, 0.1) is 20.2 Å². The fourth-order valence-corrected chi connectivity index (χ4v) is 3.22. The SMILES string of the molecule is CCCC(C)(C(=O)OCC)c1ccc([N+](=O)[O-])cc1.CCOC(=O)Cc1ccc([N+](=O)[O-])cc1.CI. The van der Waals surface area contributed by atoms with E-state index in [-0.39, 0.29) is 29.7 Å². The fourth-order valence-electron chi connectivity index (χ4n) is 3.22. The largest absolute Gasteiger partial charge is 0.466 e. The van der Waals surface area contributed by atoms with Crippen LogP contribution in [-0.2, 0) is 30.9 Å². The van der Waals surface area contributed by atoms with Crippen LogP contribution >= 0.6 is 22.6 Å². The van der Waals surface area contributed by atoms with E-state index in [1.165, 1.54) is 24.3 Å². The molecular weight excluding hydrogens is 583 g/mol. The molecule has 1 unspecified atom stereocenters. The zero-order chi connectivity index (χ0) is 27.7. The Hall–Kier alpha value is -3.09. The molecule has 2 rings (SSSR count). The summed E-state index contributed by atoms with van der Waals surface area (Å²) in [5.41, 5.74) is 0.742. The zero-order valence-corrected chi connectivity index (χ0v) is 23.4. The van der Waals surface area contributed by atoms with Gasteiger partial charge in [0.05, 0.1) is 34.9 Å². The Morgan fingerprint density at radius 2 is 1.28 bits per heavy atom. The molecule has 0 heterocycles. The maximum absolute atomic E-state index is 12.1. The summed E-state index contributed by atoms with van der Waals surface area (Å²) < 4.78 is 9.87. The molecule has 1 atom stereocenters. The van der Waals surface area contributed by atoms with Crippen LogP contribution in [0.2, 0.25) is 0 Å². The summed E-state index contributed by atoms with van der Waals surface area (Å²) in [7, 11) is 0. The van der Waals surface area contributed by atoms with Gasteiger partial charge < -0.3 is 9.47 Å². The van der Waals surface area contributed by atoms with Crippen molar-refractivity contribution in [1.82, 2.24) is 0 Å². The molecule has 0 aliphatic carbocycles. The van der Waals surface area contributed by atoms with Crippen LogP contribution in [0.3, 0.4) is 0 Å². The number of hydrogen-bond acceptors (Lipinski definition) is 8. The molecule has 0 N–H and O–H groups in total. The highest BCUT2D eigenvalue weighted by Crippen LogP contribution is 2.31. The molecule has 36 heavy (non-hydrogen) atoms. The summed E-state index contributed by atoms with van der Waals surface area (Å²) in [5.74, 6) is -0.614. The molecule has 10 nitrogen and oxygen atoms in total. The number of nitrogens with zero attached hydrogens (tertiary/aromatic N) is 2. The third kappa shape index (κ3) is 10.7. The Labute approximate surface area is 224 Å². The molecule has 0 aromatic heterocycles. The number of nitro groups is 2. The van der Waals surface area contributed by atoms with Gasteiger partial charge in [-0.05, 0) is 43.2 Å². The Balaban J connectivity index is 0.000000651. The van der Waals surface area contributed by atoms with Gasteiger partial charge in [0.15, 0.2) is 0 Å². The van der Waals surface area contributed by atoms with Crippen LogP contribution < -0.4 is 0 Å². The average molecular weight is 616 g/mol. The molecule has 0 saturated heterocycles. The Bertz CT molecular complexity index is 981. The highest BCUT2D eigenvalue weighted by atomic mass is 127. The van der Waals surface area contributed by atoms with Gasteiger partial charge in [-0.1, -0.05) is 60.2 Å². The molecule has 0 radical (unpaired) electrons. The molecule has 0 fully saturated rings. The van der Waals surface area contributed by atoms with E-state index >= 15 is 0 Å². The third-order valence-corrected chi connectivity index (χ3v) is 4.99. The number of alkyl halides is 1. The maximum atomic E-state index is 12.1. The molecule has 0 aliphatic heterocycles. The molecule has 0 aliphatic rings. The van der Waals surface area contributed by atoms with Crippen molar-refractivity contribution < 1.29 is 28.9 Å². The van der Waals surface area contributed by atoms with E-state index in [1.807, 2.05) is 18.8 Å². The first-order valence-electron chi connectivity index (χ1n) is 11.3. The van der Waals surface area contributed by atoms with Crippen molar-refractivity contribution in [1.29, 1.82) is 0 Å². The van der Waals surface area contributed by atoms with Gasteiger partial charge >= 0.3 is 11.9 Å². The Kier molecular flexibility index (Phi) is 15.9. The van der Waals surface area contributed by atoms with E-state index in [4.69, 9.17) is 9.47 Å². The maximum Gasteiger partial charge on any atom is 0.316 e. The van der Waals surface area contributed by atoms with Crippen molar-refractivity contribution in [3.8, 4) is 0 Å². The monoisotopic (exact) mass is 616 g/mol. The molecule has 2 aromatic rings. The Morgan fingerprint density at radius 1 is 0.833 bits per heavy atom. The lowest BCUT2D eigenvalue weighted by Crippen LogP contribution is -2.34. The minimum absolute atomic E-state index is 0.0163. The number of halogens is 1. The first-order chi connectivity index (χ1) is 17.1. The van der Waals surface area contributed by atoms with Crippen molar-refractivity contribution in [3.05, 3.63) is 79.9 Å². The van der Waals surface area contributed by atoms with Gasteiger partial charge in [0.2, 0.25) is 0 Å². The molecule has 0 amide bonds. The number of benzene rings is 2. The molecular formula is C25H33IN2O8. The normalized spacial score (nSPS) is 11.4. The first-order valence-corrected chi connectivity index (χ1v) is 13.4. The second-order valence-corrected chi connectivity index (χ2v) is 7.51. The number of ether oxygens (including phenoxy) is 2. The lowest BCUT2D eigenvalue weighted by Gasteiger charge is -2.27. The van der Waals surface area contributed by atoms with Crippen LogP contribution in [0.5, 0.6) is 0 Å². The molecule has 11 heteroatoms. The van der Waals surface area contributed by atoms with Crippen LogP contribution in [-0.4, -0.2) is 39.9 Å². The van der Waals surface area contributed by atoms with E-state index < -0.39 is 15.3 Å². The predicted molar refractivity (Wildman–Crippen MR) is 145 cm³/mol. The molecule has 198 valence electrons. The van der Waals surface area contributed by atoms with Crippen molar-refractivity contribution in [2.24, 2.45) is 0 Å². The number of non-ortho nitro benzene ring substituents is 2. The predicted octanol–water partition coefficient (Wildman–Crippen LogP) is 5.97. The minimum Gasteiger partial charge on any atom is -0.466 e. The van der Waals surface area contributed by atoms with Gasteiger partial charge in [0.25, 0.3) is 11.4 Å². The smallest absolute Gasteiger partial charge is 0.316 e. The Morgan fingerprint density at radius 3 is 1.67 bits per heavy atom. The first kappa shape index (κ1) is 32.9. The lowest BCUT2D eigenvalue weighted by molar-refractivity contribution is -0.385. The summed E-state index contributed by atoms with van der Waals surface area (Å²) >= 11 is 2.15. The minimum atomic E-state index is -0.750. The highest BCUT2D eigenvalue weighted by Gasteiger charge is 2.36. The van der Waals surface area contributed by atoms with E-state index in [0.29, 0.717) is 25.2 Å². The number of carbonyl (C=O) groups excluding carboxylic acids is 2. The number of carbonyl (C=O) groups is 2. The van der Waals surface area contributed by atoms with E-state index in [0.717, 1.165) is 12.0 Å². The average Bonchev–Trinajstić information content (AvgIpc) is 2.86. The second kappa shape index (κ2) is 17.4. The number of rotatable bonds is 10. The van der Waals surface area contributed by atoms with Crippen LogP contribution in [0.25, 0.3) is 0 Å². The van der Waals surface area contributed by atoms with Gasteiger partial charge in [0.1, 0.15) is 0 Å². The van der Waals surface area contributed by atoms with E-state index in [2.05, 4.69) is 22.6 Å². The summed E-state index contributed by atoms with van der Waals surface area (Å²) in [4.78, 5) is 45.2. The number of nitro benzene ring substituents is 2. The fraction of sp³-hybridized carbons (Fsp3) is 0.440. The zero-order valence-electron chi connectivity index (χ0n) is 21.2. The molecule has 0 spiro atoms. The van der Waals surface area contributed by atoms with Gasteiger partial charge in [0, 0.05) is 24.3 Å². The van der Waals surface area contributed by atoms with Gasteiger partial charge in [-0.15, -0.1) is 0 Å². The summed E-state index contributed by atoms with van der Waals surface area (Å²) in [5, 5.41) is 21.0. The number of hydrogen-bond donors (Lipinski definition) is 0.